The van der Waals surface area contributed by atoms with Crippen molar-refractivity contribution in [1.29, 1.82) is 0 Å². The summed E-state index contributed by atoms with van der Waals surface area (Å²) in [6.07, 6.45) is 3.88. The molecular weight excluding hydrogens is 492 g/mol. The Bertz CT molecular complexity index is 900. The van der Waals surface area contributed by atoms with Crippen molar-refractivity contribution in [2.24, 2.45) is 0 Å². The van der Waals surface area contributed by atoms with Crippen LogP contribution in [0.1, 0.15) is 77.5 Å². The third-order valence-electron chi connectivity index (χ3n) is 5.99. The van der Waals surface area contributed by atoms with Gasteiger partial charge in [-0.25, -0.2) is 0 Å². The third kappa shape index (κ3) is 7.38. The standard InChI is InChI=1S/C26H38NOP.2ClH.Ti/c1-18-12-11-13-21(27-14-9-8-10-15-27)24(18)29-22-17-19(25(2,3)4)16-20(23(22)28)26(5,6)7;;;/h11-13,16-17,28-29H,8-10,14-15H2,1-7H3;2*1H;/q;;;+2/p-2. The van der Waals surface area contributed by atoms with Gasteiger partial charge in [-0.05, 0) is 60.3 Å². The average molecular weight is 530 g/mol. The molecule has 2 aromatic rings. The fraction of sp³-hybridized carbons (Fsp3) is 0.538. The monoisotopic (exact) mass is 529 g/mol. The van der Waals surface area contributed by atoms with E-state index in [4.69, 9.17) is 18.6 Å². The van der Waals surface area contributed by atoms with Crippen molar-refractivity contribution in [1.82, 2.24) is 0 Å². The number of rotatable bonds is 3. The van der Waals surface area contributed by atoms with E-state index in [2.05, 4.69) is 83.7 Å². The molecule has 0 aromatic heterocycles. The van der Waals surface area contributed by atoms with Gasteiger partial charge in [0, 0.05) is 34.9 Å². The van der Waals surface area contributed by atoms with E-state index in [1.807, 2.05) is 0 Å². The van der Waals surface area contributed by atoms with E-state index in [0.29, 0.717) is 14.3 Å². The van der Waals surface area contributed by atoms with Crippen molar-refractivity contribution in [2.45, 2.75) is 78.6 Å². The second kappa shape index (κ2) is 11.9. The molecule has 2 aromatic carbocycles. The minimum absolute atomic E-state index is 0.0500. The second-order valence-electron chi connectivity index (χ2n) is 10.6. The summed E-state index contributed by atoms with van der Waals surface area (Å²) in [6, 6.07) is 11.1. The number of halogens is 2. The molecule has 1 saturated heterocycles. The van der Waals surface area contributed by atoms with Gasteiger partial charge in [-0.1, -0.05) is 68.3 Å². The van der Waals surface area contributed by atoms with Crippen LogP contribution in [0.4, 0.5) is 5.69 Å². The topological polar surface area (TPSA) is 23.5 Å². The Kier molecular flexibility index (Phi) is 10.5. The van der Waals surface area contributed by atoms with Gasteiger partial charge >= 0.3 is 35.6 Å². The van der Waals surface area contributed by atoms with Crippen molar-refractivity contribution in [3.05, 3.63) is 47.0 Å². The van der Waals surface area contributed by atoms with Crippen LogP contribution in [0.15, 0.2) is 30.3 Å². The van der Waals surface area contributed by atoms with Gasteiger partial charge in [-0.15, -0.1) is 0 Å². The molecule has 6 heteroatoms. The maximum atomic E-state index is 11.3. The number of hydrogen-bond donors (Lipinski definition) is 1. The zero-order valence-corrected chi connectivity index (χ0v) is 24.6. The fourth-order valence-corrected chi connectivity index (χ4v) is 5.48. The summed E-state index contributed by atoms with van der Waals surface area (Å²) in [6.45, 7) is 17.8. The molecule has 1 unspecified atom stereocenters. The second-order valence-corrected chi connectivity index (χ2v) is 14.5. The van der Waals surface area contributed by atoms with Gasteiger partial charge in [0.1, 0.15) is 5.75 Å². The molecule has 0 radical (unpaired) electrons. The van der Waals surface area contributed by atoms with Crippen LogP contribution in [0, 0.1) is 6.92 Å². The number of aromatic hydroxyl groups is 1. The molecule has 1 fully saturated rings. The van der Waals surface area contributed by atoms with E-state index in [0.717, 1.165) is 24.0 Å². The molecule has 176 valence electrons. The quantitative estimate of drug-likeness (QED) is 0.333. The fourth-order valence-electron chi connectivity index (χ4n) is 4.08. The molecule has 1 aliphatic rings. The molecule has 0 saturated carbocycles. The Labute approximate surface area is 213 Å². The zero-order chi connectivity index (χ0) is 24.1. The number of phenolic OH excluding ortho intramolecular Hbond substituents is 1. The normalized spacial score (nSPS) is 15.0. The number of piperidine rings is 1. The Morgan fingerprint density at radius 2 is 1.53 bits per heavy atom. The van der Waals surface area contributed by atoms with Gasteiger partial charge in [-0.3, -0.25) is 0 Å². The van der Waals surface area contributed by atoms with Crippen LogP contribution in [0.2, 0.25) is 0 Å². The molecule has 1 atom stereocenters. The Balaban J connectivity index is 0.00000114. The molecule has 1 aliphatic heterocycles. The summed E-state index contributed by atoms with van der Waals surface area (Å²) in [5, 5.41) is 13.7. The molecule has 32 heavy (non-hydrogen) atoms. The summed E-state index contributed by atoms with van der Waals surface area (Å²) in [5.41, 5.74) is 5.00. The SMILES string of the molecule is Cc1cccc(N2CCCCC2)c1Pc1cc(C(C)(C)C)cc(C(C)(C)C)c1O.[Cl][Ti][Cl]. The van der Waals surface area contributed by atoms with Crippen LogP contribution in [0.3, 0.4) is 0 Å². The Hall–Kier alpha value is -0.236. The van der Waals surface area contributed by atoms with Crippen molar-refractivity contribution < 1.29 is 22.1 Å². The molecular formula is C26H38Cl2NOPTi. The maximum absolute atomic E-state index is 11.3. The first-order valence-corrected chi connectivity index (χ1v) is 16.7. The van der Waals surface area contributed by atoms with E-state index in [-0.39, 0.29) is 10.8 Å². The summed E-state index contributed by atoms with van der Waals surface area (Å²) >= 11 is -0.556. The predicted octanol–water partition coefficient (Wildman–Crippen LogP) is 7.29. The van der Waals surface area contributed by atoms with Crippen molar-refractivity contribution in [3.63, 3.8) is 0 Å². The molecule has 1 N–H and O–H groups in total. The molecule has 1 heterocycles. The number of benzene rings is 2. The van der Waals surface area contributed by atoms with Gasteiger partial charge in [0.15, 0.2) is 0 Å². The van der Waals surface area contributed by atoms with Crippen molar-refractivity contribution >= 4 is 43.5 Å². The number of phenols is 1. The third-order valence-corrected chi connectivity index (χ3v) is 7.54. The van der Waals surface area contributed by atoms with Crippen LogP contribution >= 0.6 is 27.2 Å². The van der Waals surface area contributed by atoms with E-state index in [9.17, 15) is 5.11 Å². The summed E-state index contributed by atoms with van der Waals surface area (Å²) in [7, 11) is 10.2. The zero-order valence-electron chi connectivity index (χ0n) is 20.6. The van der Waals surface area contributed by atoms with Gasteiger partial charge in [0.25, 0.3) is 0 Å². The Morgan fingerprint density at radius 1 is 0.938 bits per heavy atom. The number of hydrogen-bond acceptors (Lipinski definition) is 2. The summed E-state index contributed by atoms with van der Waals surface area (Å²) in [5.74, 6) is 0.483. The van der Waals surface area contributed by atoms with Gasteiger partial charge < -0.3 is 10.0 Å². The van der Waals surface area contributed by atoms with Crippen LogP contribution in [0.25, 0.3) is 0 Å². The van der Waals surface area contributed by atoms with Gasteiger partial charge in [0.05, 0.1) is 0 Å². The molecule has 0 bridgehead atoms. The van der Waals surface area contributed by atoms with Crippen LogP contribution < -0.4 is 15.5 Å². The first kappa shape index (κ1) is 28.0. The predicted molar refractivity (Wildman–Crippen MR) is 142 cm³/mol. The van der Waals surface area contributed by atoms with Crippen molar-refractivity contribution in [3.8, 4) is 5.75 Å². The number of nitrogens with zero attached hydrogens (tertiary/aromatic N) is 1. The molecule has 2 nitrogen and oxygen atoms in total. The molecule has 0 aliphatic carbocycles. The van der Waals surface area contributed by atoms with E-state index in [1.54, 1.807) is 0 Å². The van der Waals surface area contributed by atoms with E-state index in [1.165, 1.54) is 41.4 Å². The summed E-state index contributed by atoms with van der Waals surface area (Å²) in [4.78, 5) is 2.55. The first-order valence-electron chi connectivity index (χ1n) is 11.4. The van der Waals surface area contributed by atoms with Crippen LogP contribution in [0.5, 0.6) is 5.75 Å². The minimum atomic E-state index is -0.556. The molecule has 3 rings (SSSR count). The molecule has 0 spiro atoms. The van der Waals surface area contributed by atoms with Crippen LogP contribution in [-0.2, 0) is 27.9 Å². The van der Waals surface area contributed by atoms with E-state index >= 15 is 0 Å². The number of aryl methyl sites for hydroxylation is 1. The van der Waals surface area contributed by atoms with Crippen LogP contribution in [-0.4, -0.2) is 18.2 Å². The number of anilines is 1. The Morgan fingerprint density at radius 3 is 2.06 bits per heavy atom. The van der Waals surface area contributed by atoms with Crippen molar-refractivity contribution in [2.75, 3.05) is 18.0 Å². The first-order chi connectivity index (χ1) is 14.9. The van der Waals surface area contributed by atoms with Gasteiger partial charge in [0.2, 0.25) is 0 Å². The van der Waals surface area contributed by atoms with E-state index < -0.39 is 17.0 Å². The summed E-state index contributed by atoms with van der Waals surface area (Å²) < 4.78 is 0. The molecule has 0 amide bonds. The van der Waals surface area contributed by atoms with Gasteiger partial charge in [-0.2, -0.15) is 0 Å². The average Bonchev–Trinajstić information content (AvgIpc) is 2.70.